The maximum absolute atomic E-state index is 12.8. The molecule has 3 aliphatic heterocycles. The van der Waals surface area contributed by atoms with Crippen LogP contribution in [0.25, 0.3) is 10.9 Å². The van der Waals surface area contributed by atoms with Crippen molar-refractivity contribution in [3.8, 4) is 17.2 Å². The van der Waals surface area contributed by atoms with Crippen molar-refractivity contribution in [2.45, 2.75) is 24.5 Å². The Balaban J connectivity index is 1.11. The molecule has 1 spiro atoms. The van der Waals surface area contributed by atoms with Gasteiger partial charge in [-0.05, 0) is 42.0 Å². The molecular formula is C27H29N3O6. The van der Waals surface area contributed by atoms with Crippen molar-refractivity contribution in [3.63, 3.8) is 0 Å². The molecule has 1 amide bonds. The number of β-amino-alcohol motifs (C(OH)–C–C–N with tert-alkyl or cyclic N) is 1. The molecule has 9 nitrogen and oxygen atoms in total. The van der Waals surface area contributed by atoms with Gasteiger partial charge in [0, 0.05) is 50.1 Å². The molecule has 9 heteroatoms. The summed E-state index contributed by atoms with van der Waals surface area (Å²) in [5.41, 5.74) is 1.87. The number of aliphatic hydroxyl groups is 1. The predicted molar refractivity (Wildman–Crippen MR) is 133 cm³/mol. The number of ether oxygens (including phenoxy) is 4. The second-order valence-corrected chi connectivity index (χ2v) is 9.56. The number of amides is 1. The Morgan fingerprint density at radius 3 is 2.69 bits per heavy atom. The number of piperidine rings is 1. The third-order valence-corrected chi connectivity index (χ3v) is 7.35. The van der Waals surface area contributed by atoms with Gasteiger partial charge in [0.25, 0.3) is 0 Å². The maximum atomic E-state index is 12.8. The van der Waals surface area contributed by atoms with Crippen molar-refractivity contribution in [1.82, 2.24) is 9.88 Å². The van der Waals surface area contributed by atoms with E-state index in [1.165, 1.54) is 0 Å². The first kappa shape index (κ1) is 22.9. The summed E-state index contributed by atoms with van der Waals surface area (Å²) in [6.45, 7) is 3.47. The van der Waals surface area contributed by atoms with Crippen molar-refractivity contribution in [1.29, 1.82) is 0 Å². The maximum Gasteiger partial charge on any atom is 0.415 e. The van der Waals surface area contributed by atoms with E-state index >= 15 is 0 Å². The average molecular weight is 492 g/mol. The fourth-order valence-corrected chi connectivity index (χ4v) is 5.33. The van der Waals surface area contributed by atoms with Crippen LogP contribution in [0.4, 0.5) is 10.5 Å². The Hall–Kier alpha value is -3.56. The first-order valence-electron chi connectivity index (χ1n) is 12.3. The minimum atomic E-state index is -0.669. The Bertz CT molecular complexity index is 1290. The zero-order valence-electron chi connectivity index (χ0n) is 20.2. The number of anilines is 1. The SMILES string of the molecule is COc1ccc2nccc([C@@H](O)CN3CCC4(CC3)CN(c3ccc5c(c3)OCCO5)C(=O)O4)c2c1. The first-order chi connectivity index (χ1) is 17.5. The molecule has 4 heterocycles. The van der Waals surface area contributed by atoms with Crippen molar-refractivity contribution in [2.24, 2.45) is 0 Å². The van der Waals surface area contributed by atoms with Gasteiger partial charge in [-0.1, -0.05) is 0 Å². The molecule has 1 atom stereocenters. The standard InChI is InChI=1S/C27H29N3O6/c1-33-19-3-4-22-21(15-19)20(6-9-28-22)23(31)16-29-10-7-27(8-11-29)17-30(26(32)36-27)18-2-5-24-25(14-18)35-13-12-34-24/h2-6,9,14-15,23,31H,7-8,10-13,16-17H2,1H3/t23-/m0/s1. The highest BCUT2D eigenvalue weighted by molar-refractivity contribution is 5.91. The van der Waals surface area contributed by atoms with E-state index in [1.54, 1.807) is 18.2 Å². The van der Waals surface area contributed by atoms with E-state index in [2.05, 4.69) is 9.88 Å². The molecule has 2 fully saturated rings. The molecule has 188 valence electrons. The summed E-state index contributed by atoms with van der Waals surface area (Å²) in [7, 11) is 1.63. The van der Waals surface area contributed by atoms with E-state index in [1.807, 2.05) is 42.5 Å². The van der Waals surface area contributed by atoms with Crippen LogP contribution in [0.1, 0.15) is 24.5 Å². The number of aromatic nitrogens is 1. The lowest BCUT2D eigenvalue weighted by molar-refractivity contribution is -0.00968. The van der Waals surface area contributed by atoms with E-state index < -0.39 is 11.7 Å². The lowest BCUT2D eigenvalue weighted by atomic mass is 9.90. The van der Waals surface area contributed by atoms with Gasteiger partial charge in [0.1, 0.15) is 24.6 Å². The zero-order valence-corrected chi connectivity index (χ0v) is 20.2. The topological polar surface area (TPSA) is 93.6 Å². The molecule has 3 aliphatic rings. The van der Waals surface area contributed by atoms with Gasteiger partial charge in [0.05, 0.1) is 31.0 Å². The summed E-state index contributed by atoms with van der Waals surface area (Å²) in [6, 6.07) is 13.1. The molecule has 0 aliphatic carbocycles. The highest BCUT2D eigenvalue weighted by Gasteiger charge is 2.47. The number of fused-ring (bicyclic) bond motifs is 2. The summed E-state index contributed by atoms with van der Waals surface area (Å²) in [5, 5.41) is 12.0. The number of likely N-dealkylation sites (tertiary alicyclic amines) is 1. The highest BCUT2D eigenvalue weighted by atomic mass is 16.6. The Kier molecular flexibility index (Phi) is 5.81. The number of hydrogen-bond acceptors (Lipinski definition) is 8. The smallest absolute Gasteiger partial charge is 0.415 e. The first-order valence-corrected chi connectivity index (χ1v) is 12.3. The molecule has 2 saturated heterocycles. The van der Waals surface area contributed by atoms with Crippen molar-refractivity contribution in [2.75, 3.05) is 51.4 Å². The van der Waals surface area contributed by atoms with E-state index in [9.17, 15) is 9.90 Å². The van der Waals surface area contributed by atoms with Crippen LogP contribution in [0.2, 0.25) is 0 Å². The average Bonchev–Trinajstić information content (AvgIpc) is 3.24. The van der Waals surface area contributed by atoms with Crippen LogP contribution in [0.5, 0.6) is 17.2 Å². The predicted octanol–water partition coefficient (Wildman–Crippen LogP) is 3.54. The van der Waals surface area contributed by atoms with Crippen LogP contribution in [0, 0.1) is 0 Å². The van der Waals surface area contributed by atoms with Gasteiger partial charge in [-0.3, -0.25) is 9.88 Å². The molecule has 0 saturated carbocycles. The van der Waals surface area contributed by atoms with Crippen LogP contribution in [-0.4, -0.2) is 73.2 Å². The van der Waals surface area contributed by atoms with E-state index in [4.69, 9.17) is 18.9 Å². The monoisotopic (exact) mass is 491 g/mol. The van der Waals surface area contributed by atoms with Crippen LogP contribution in [0.15, 0.2) is 48.7 Å². The van der Waals surface area contributed by atoms with Gasteiger partial charge >= 0.3 is 6.09 Å². The number of hydrogen-bond donors (Lipinski definition) is 1. The lowest BCUT2D eigenvalue weighted by Gasteiger charge is -2.38. The van der Waals surface area contributed by atoms with Gasteiger partial charge in [0.15, 0.2) is 11.5 Å². The molecule has 1 aromatic heterocycles. The summed E-state index contributed by atoms with van der Waals surface area (Å²) in [5.74, 6) is 2.08. The van der Waals surface area contributed by atoms with Crippen LogP contribution < -0.4 is 19.1 Å². The second-order valence-electron chi connectivity index (χ2n) is 9.56. The zero-order chi connectivity index (χ0) is 24.7. The summed E-state index contributed by atoms with van der Waals surface area (Å²) >= 11 is 0. The van der Waals surface area contributed by atoms with E-state index in [-0.39, 0.29) is 6.09 Å². The number of pyridine rings is 1. The third-order valence-electron chi connectivity index (χ3n) is 7.35. The lowest BCUT2D eigenvalue weighted by Crippen LogP contribution is -2.47. The molecular weight excluding hydrogens is 462 g/mol. The van der Waals surface area contributed by atoms with Gasteiger partial charge < -0.3 is 29.0 Å². The number of aliphatic hydroxyl groups excluding tert-OH is 1. The third kappa shape index (κ3) is 4.18. The Morgan fingerprint density at radius 1 is 1.08 bits per heavy atom. The number of carbonyl (C=O) groups excluding carboxylic acids is 1. The van der Waals surface area contributed by atoms with Gasteiger partial charge in [0.2, 0.25) is 0 Å². The van der Waals surface area contributed by atoms with Gasteiger partial charge in [-0.15, -0.1) is 0 Å². The number of benzene rings is 2. The molecule has 2 aromatic carbocycles. The molecule has 3 aromatic rings. The number of carbonyl (C=O) groups is 1. The fourth-order valence-electron chi connectivity index (χ4n) is 5.33. The molecule has 6 rings (SSSR count). The highest BCUT2D eigenvalue weighted by Crippen LogP contribution is 2.40. The largest absolute Gasteiger partial charge is 0.497 e. The molecule has 36 heavy (non-hydrogen) atoms. The summed E-state index contributed by atoms with van der Waals surface area (Å²) in [4.78, 5) is 21.1. The molecule has 0 radical (unpaired) electrons. The van der Waals surface area contributed by atoms with Crippen molar-refractivity contribution < 1.29 is 28.8 Å². The molecule has 0 bridgehead atoms. The molecule has 1 N–H and O–H groups in total. The quantitative estimate of drug-likeness (QED) is 0.579. The van der Waals surface area contributed by atoms with Crippen LogP contribution in [0.3, 0.4) is 0 Å². The minimum absolute atomic E-state index is 0.336. The second kappa shape index (κ2) is 9.15. The minimum Gasteiger partial charge on any atom is -0.497 e. The normalized spacial score (nSPS) is 19.9. The number of nitrogens with zero attached hydrogens (tertiary/aromatic N) is 3. The Morgan fingerprint density at radius 2 is 1.89 bits per heavy atom. The summed E-state index contributed by atoms with van der Waals surface area (Å²) < 4.78 is 22.6. The van der Waals surface area contributed by atoms with E-state index in [0.29, 0.717) is 50.6 Å². The fraction of sp³-hybridized carbons (Fsp3) is 0.407. The number of methoxy groups -OCH3 is 1. The van der Waals surface area contributed by atoms with Gasteiger partial charge in [-0.25, -0.2) is 4.79 Å². The Labute approximate surface area is 209 Å². The van der Waals surface area contributed by atoms with Crippen molar-refractivity contribution in [3.05, 3.63) is 54.2 Å². The molecule has 0 unspecified atom stereocenters. The summed E-state index contributed by atoms with van der Waals surface area (Å²) in [6.07, 6.45) is 2.13. The van der Waals surface area contributed by atoms with E-state index in [0.717, 1.165) is 41.0 Å². The van der Waals surface area contributed by atoms with Crippen LogP contribution in [-0.2, 0) is 4.74 Å². The van der Waals surface area contributed by atoms with Crippen molar-refractivity contribution >= 4 is 22.7 Å². The number of rotatable bonds is 5. The van der Waals surface area contributed by atoms with Crippen LogP contribution >= 0.6 is 0 Å². The van der Waals surface area contributed by atoms with Gasteiger partial charge in [-0.2, -0.15) is 0 Å².